The molecule has 0 bridgehead atoms. The van der Waals surface area contributed by atoms with Crippen LogP contribution in [0.15, 0.2) is 42.5 Å². The van der Waals surface area contributed by atoms with Gasteiger partial charge in [0.15, 0.2) is 0 Å². The van der Waals surface area contributed by atoms with Gasteiger partial charge in [-0.1, -0.05) is 12.1 Å². The van der Waals surface area contributed by atoms with E-state index in [2.05, 4.69) is 9.97 Å². The Morgan fingerprint density at radius 2 is 2.00 bits per heavy atom. The molecule has 0 saturated carbocycles. The Hall–Kier alpha value is -3.00. The van der Waals surface area contributed by atoms with E-state index >= 15 is 0 Å². The van der Waals surface area contributed by atoms with Gasteiger partial charge in [0, 0.05) is 11.6 Å². The number of imidazole rings is 1. The Kier molecular flexibility index (Phi) is 3.20. The fourth-order valence-corrected chi connectivity index (χ4v) is 2.01. The molecule has 1 heterocycles. The molecule has 3 aromatic rings. The van der Waals surface area contributed by atoms with Gasteiger partial charge >= 0.3 is 0 Å². The van der Waals surface area contributed by atoms with Crippen LogP contribution in [0.25, 0.3) is 22.7 Å². The van der Waals surface area contributed by atoms with Crippen molar-refractivity contribution in [1.82, 2.24) is 9.97 Å². The Bertz CT molecular complexity index is 855. The van der Waals surface area contributed by atoms with E-state index in [9.17, 15) is 14.0 Å². The normalized spacial score (nSPS) is 11.6. The predicted molar refractivity (Wildman–Crippen MR) is 75.9 cm³/mol. The summed E-state index contributed by atoms with van der Waals surface area (Å²) in [5.41, 5.74) is 1.81. The first-order chi connectivity index (χ1) is 10.2. The van der Waals surface area contributed by atoms with Gasteiger partial charge in [0.2, 0.25) is 0 Å². The Balaban J connectivity index is 2.09. The third-order valence-electron chi connectivity index (χ3n) is 3.03. The van der Waals surface area contributed by atoms with Crippen molar-refractivity contribution in [3.05, 3.63) is 65.5 Å². The zero-order valence-electron chi connectivity index (χ0n) is 10.8. The SMILES string of the molecule is N#C/C(=C/c1ccc(F)cc1F)c1nc2ccccc2[nH]1. The van der Waals surface area contributed by atoms with Gasteiger partial charge in [-0.15, -0.1) is 0 Å². The molecule has 1 N–H and O–H groups in total. The van der Waals surface area contributed by atoms with Gasteiger partial charge in [0.05, 0.1) is 16.6 Å². The highest BCUT2D eigenvalue weighted by molar-refractivity contribution is 5.90. The zero-order chi connectivity index (χ0) is 14.8. The highest BCUT2D eigenvalue weighted by Gasteiger charge is 2.09. The van der Waals surface area contributed by atoms with Crippen molar-refractivity contribution in [3.8, 4) is 6.07 Å². The molecule has 0 saturated heterocycles. The number of hydrogen-bond acceptors (Lipinski definition) is 2. The van der Waals surface area contributed by atoms with E-state index in [1.54, 1.807) is 0 Å². The van der Waals surface area contributed by atoms with Gasteiger partial charge in [-0.3, -0.25) is 0 Å². The summed E-state index contributed by atoms with van der Waals surface area (Å²) in [6, 6.07) is 12.5. The van der Waals surface area contributed by atoms with Gasteiger partial charge in [0.1, 0.15) is 23.5 Å². The molecule has 3 nitrogen and oxygen atoms in total. The number of aromatic nitrogens is 2. The molecule has 0 spiro atoms. The average molecular weight is 281 g/mol. The molecule has 0 aliphatic rings. The van der Waals surface area contributed by atoms with E-state index in [1.807, 2.05) is 30.3 Å². The minimum Gasteiger partial charge on any atom is -0.337 e. The maximum atomic E-state index is 13.6. The minimum atomic E-state index is -0.723. The van der Waals surface area contributed by atoms with Crippen molar-refractivity contribution < 1.29 is 8.78 Å². The van der Waals surface area contributed by atoms with E-state index < -0.39 is 11.6 Å². The largest absolute Gasteiger partial charge is 0.337 e. The number of halogens is 2. The van der Waals surface area contributed by atoms with Crippen LogP contribution in [0.4, 0.5) is 8.78 Å². The van der Waals surface area contributed by atoms with E-state index in [0.717, 1.165) is 17.6 Å². The molecule has 1 aromatic heterocycles. The fourth-order valence-electron chi connectivity index (χ4n) is 2.01. The Morgan fingerprint density at radius 1 is 1.19 bits per heavy atom. The topological polar surface area (TPSA) is 52.5 Å². The van der Waals surface area contributed by atoms with Crippen molar-refractivity contribution in [3.63, 3.8) is 0 Å². The maximum Gasteiger partial charge on any atom is 0.149 e. The van der Waals surface area contributed by atoms with E-state index in [4.69, 9.17) is 0 Å². The van der Waals surface area contributed by atoms with Crippen molar-refractivity contribution in [2.45, 2.75) is 0 Å². The molecular formula is C16H9F2N3. The van der Waals surface area contributed by atoms with E-state index in [1.165, 1.54) is 12.1 Å². The molecule has 5 heteroatoms. The molecule has 2 aromatic carbocycles. The van der Waals surface area contributed by atoms with Gasteiger partial charge in [-0.25, -0.2) is 13.8 Å². The van der Waals surface area contributed by atoms with Crippen LogP contribution in [-0.2, 0) is 0 Å². The van der Waals surface area contributed by atoms with Gasteiger partial charge in [-0.2, -0.15) is 5.26 Å². The molecule has 0 aliphatic carbocycles. The summed E-state index contributed by atoms with van der Waals surface area (Å²) in [5.74, 6) is -1.03. The number of para-hydroxylation sites is 2. The third-order valence-corrected chi connectivity index (χ3v) is 3.03. The smallest absolute Gasteiger partial charge is 0.149 e. The maximum absolute atomic E-state index is 13.6. The minimum absolute atomic E-state index is 0.133. The van der Waals surface area contributed by atoms with Crippen molar-refractivity contribution in [2.24, 2.45) is 0 Å². The lowest BCUT2D eigenvalue weighted by Crippen LogP contribution is -1.88. The molecule has 102 valence electrons. The summed E-state index contributed by atoms with van der Waals surface area (Å²) >= 11 is 0. The summed E-state index contributed by atoms with van der Waals surface area (Å²) < 4.78 is 26.5. The van der Waals surface area contributed by atoms with Crippen LogP contribution < -0.4 is 0 Å². The first kappa shape index (κ1) is 13.0. The predicted octanol–water partition coefficient (Wildman–Crippen LogP) is 3.91. The molecule has 0 amide bonds. The summed E-state index contributed by atoms with van der Waals surface area (Å²) in [4.78, 5) is 7.28. The van der Waals surface area contributed by atoms with Crippen LogP contribution in [0, 0.1) is 23.0 Å². The lowest BCUT2D eigenvalue weighted by molar-refractivity contribution is 0.581. The average Bonchev–Trinajstić information content (AvgIpc) is 2.90. The summed E-state index contributed by atoms with van der Waals surface area (Å²) in [6.07, 6.45) is 1.34. The number of nitriles is 1. The van der Waals surface area contributed by atoms with Crippen LogP contribution >= 0.6 is 0 Å². The Morgan fingerprint density at radius 3 is 2.71 bits per heavy atom. The van der Waals surface area contributed by atoms with Crippen molar-refractivity contribution in [1.29, 1.82) is 5.26 Å². The molecule has 21 heavy (non-hydrogen) atoms. The lowest BCUT2D eigenvalue weighted by atomic mass is 10.1. The molecule has 0 atom stereocenters. The second kappa shape index (κ2) is 5.17. The first-order valence-electron chi connectivity index (χ1n) is 6.19. The molecule has 0 radical (unpaired) electrons. The fraction of sp³-hybridized carbons (Fsp3) is 0. The van der Waals surface area contributed by atoms with Gasteiger partial charge in [-0.05, 0) is 30.3 Å². The highest BCUT2D eigenvalue weighted by atomic mass is 19.1. The number of nitrogens with one attached hydrogen (secondary N) is 1. The molecule has 0 aliphatic heterocycles. The molecule has 0 unspecified atom stereocenters. The van der Waals surface area contributed by atoms with Crippen LogP contribution in [0.5, 0.6) is 0 Å². The number of fused-ring (bicyclic) bond motifs is 1. The monoisotopic (exact) mass is 281 g/mol. The number of hydrogen-bond donors (Lipinski definition) is 1. The second-order valence-electron chi connectivity index (χ2n) is 4.44. The number of benzene rings is 2. The quantitative estimate of drug-likeness (QED) is 0.724. The summed E-state index contributed by atoms with van der Waals surface area (Å²) in [5, 5.41) is 9.24. The molecule has 0 fully saturated rings. The standard InChI is InChI=1S/C16H9F2N3/c17-12-6-5-10(13(18)8-12)7-11(9-19)16-20-14-3-1-2-4-15(14)21-16/h1-8H,(H,20,21)/b11-7-. The van der Waals surface area contributed by atoms with Crippen molar-refractivity contribution in [2.75, 3.05) is 0 Å². The van der Waals surface area contributed by atoms with Crippen LogP contribution in [0.1, 0.15) is 11.4 Å². The summed E-state index contributed by atoms with van der Waals surface area (Å²) in [6.45, 7) is 0. The van der Waals surface area contributed by atoms with Crippen LogP contribution in [-0.4, -0.2) is 9.97 Å². The molecular weight excluding hydrogens is 272 g/mol. The Labute approximate surface area is 119 Å². The number of aromatic amines is 1. The van der Waals surface area contributed by atoms with Gasteiger partial charge < -0.3 is 4.98 Å². The third kappa shape index (κ3) is 2.51. The zero-order valence-corrected chi connectivity index (χ0v) is 10.8. The number of H-pyrrole nitrogens is 1. The summed E-state index contributed by atoms with van der Waals surface area (Å²) in [7, 11) is 0. The van der Waals surface area contributed by atoms with E-state index in [0.29, 0.717) is 11.3 Å². The second-order valence-corrected chi connectivity index (χ2v) is 4.44. The van der Waals surface area contributed by atoms with Crippen LogP contribution in [0.3, 0.4) is 0 Å². The number of allylic oxidation sites excluding steroid dienone is 1. The highest BCUT2D eigenvalue weighted by Crippen LogP contribution is 2.20. The first-order valence-corrected chi connectivity index (χ1v) is 6.19. The lowest BCUT2D eigenvalue weighted by Gasteiger charge is -1.98. The molecule has 3 rings (SSSR count). The van der Waals surface area contributed by atoms with E-state index in [-0.39, 0.29) is 11.1 Å². The van der Waals surface area contributed by atoms with Crippen LogP contribution in [0.2, 0.25) is 0 Å². The van der Waals surface area contributed by atoms with Gasteiger partial charge in [0.25, 0.3) is 0 Å². The number of nitrogens with zero attached hydrogens (tertiary/aromatic N) is 2. The number of rotatable bonds is 2. The van der Waals surface area contributed by atoms with Crippen molar-refractivity contribution >= 4 is 22.7 Å².